The number of pyridine rings is 1. The molecule has 2 aromatic heterocycles. The van der Waals surface area contributed by atoms with Gasteiger partial charge in [0.15, 0.2) is 0 Å². The first kappa shape index (κ1) is 22.5. The standard InChI is InChI=1S/C25H30N6O2/c1-17-7-8-26-22(13-17)29-23-16-24(28-19(3)27-23)30-9-11-31(12-10-30)25(32)15-20-5-6-21(33-4)18(2)14-20/h5-8,13-14,16H,9-12,15H2,1-4H3,(H,26,27,28,29). The molecule has 1 fully saturated rings. The minimum atomic E-state index is 0.144. The van der Waals surface area contributed by atoms with E-state index in [0.717, 1.165) is 47.2 Å². The lowest BCUT2D eigenvalue weighted by molar-refractivity contribution is -0.130. The van der Waals surface area contributed by atoms with Gasteiger partial charge in [-0.25, -0.2) is 15.0 Å². The highest BCUT2D eigenvalue weighted by Gasteiger charge is 2.23. The molecular weight excluding hydrogens is 416 g/mol. The van der Waals surface area contributed by atoms with Gasteiger partial charge < -0.3 is 19.9 Å². The van der Waals surface area contributed by atoms with Crippen LogP contribution in [-0.4, -0.2) is 59.0 Å². The molecule has 1 amide bonds. The second kappa shape index (κ2) is 9.85. The van der Waals surface area contributed by atoms with E-state index in [-0.39, 0.29) is 5.91 Å². The van der Waals surface area contributed by atoms with Crippen LogP contribution in [-0.2, 0) is 11.2 Å². The van der Waals surface area contributed by atoms with Crippen molar-refractivity contribution in [3.05, 3.63) is 65.1 Å². The molecule has 4 rings (SSSR count). The van der Waals surface area contributed by atoms with E-state index in [1.807, 2.05) is 62.1 Å². The molecular formula is C25H30N6O2. The van der Waals surface area contributed by atoms with Gasteiger partial charge in [0.05, 0.1) is 13.5 Å². The van der Waals surface area contributed by atoms with Crippen LogP contribution < -0.4 is 15.0 Å². The second-order valence-electron chi connectivity index (χ2n) is 8.35. The van der Waals surface area contributed by atoms with Gasteiger partial charge in [0, 0.05) is 38.4 Å². The summed E-state index contributed by atoms with van der Waals surface area (Å²) in [5.41, 5.74) is 3.17. The van der Waals surface area contributed by atoms with E-state index in [2.05, 4.69) is 25.2 Å². The topological polar surface area (TPSA) is 83.5 Å². The lowest BCUT2D eigenvalue weighted by atomic mass is 10.1. The number of hydrogen-bond donors (Lipinski definition) is 1. The molecule has 1 aliphatic rings. The second-order valence-corrected chi connectivity index (χ2v) is 8.35. The monoisotopic (exact) mass is 446 g/mol. The van der Waals surface area contributed by atoms with Crippen LogP contribution in [0.4, 0.5) is 17.5 Å². The molecule has 0 bridgehead atoms. The van der Waals surface area contributed by atoms with Crippen molar-refractivity contribution in [2.75, 3.05) is 43.5 Å². The van der Waals surface area contributed by atoms with Crippen LogP contribution in [0.1, 0.15) is 22.5 Å². The molecule has 172 valence electrons. The molecule has 33 heavy (non-hydrogen) atoms. The molecule has 8 heteroatoms. The summed E-state index contributed by atoms with van der Waals surface area (Å²) in [4.78, 5) is 30.4. The third-order valence-electron chi connectivity index (χ3n) is 5.77. The summed E-state index contributed by atoms with van der Waals surface area (Å²) in [5.74, 6) is 4.00. The quantitative estimate of drug-likeness (QED) is 0.621. The van der Waals surface area contributed by atoms with Gasteiger partial charge in [0.2, 0.25) is 5.91 Å². The number of hydrogen-bond acceptors (Lipinski definition) is 7. The van der Waals surface area contributed by atoms with Crippen LogP contribution in [0.3, 0.4) is 0 Å². The highest BCUT2D eigenvalue weighted by Crippen LogP contribution is 2.22. The van der Waals surface area contributed by atoms with Crippen LogP contribution in [0.15, 0.2) is 42.6 Å². The fourth-order valence-electron chi connectivity index (χ4n) is 4.04. The van der Waals surface area contributed by atoms with E-state index in [0.29, 0.717) is 31.2 Å². The number of carbonyl (C=O) groups is 1. The van der Waals surface area contributed by atoms with Crippen LogP contribution in [0.25, 0.3) is 0 Å². The van der Waals surface area contributed by atoms with E-state index in [1.54, 1.807) is 13.3 Å². The molecule has 1 aliphatic heterocycles. The van der Waals surface area contributed by atoms with E-state index >= 15 is 0 Å². The number of aromatic nitrogens is 3. The van der Waals surface area contributed by atoms with Crippen molar-refractivity contribution in [2.24, 2.45) is 0 Å². The maximum atomic E-state index is 12.8. The number of amides is 1. The van der Waals surface area contributed by atoms with Crippen LogP contribution in [0, 0.1) is 20.8 Å². The number of benzene rings is 1. The predicted molar refractivity (Wildman–Crippen MR) is 129 cm³/mol. The molecule has 0 spiro atoms. The van der Waals surface area contributed by atoms with E-state index in [1.165, 1.54) is 0 Å². The van der Waals surface area contributed by atoms with Crippen LogP contribution >= 0.6 is 0 Å². The van der Waals surface area contributed by atoms with Gasteiger partial charge in [-0.3, -0.25) is 4.79 Å². The zero-order valence-electron chi connectivity index (χ0n) is 19.6. The number of methoxy groups -OCH3 is 1. The van der Waals surface area contributed by atoms with E-state index in [4.69, 9.17) is 4.74 Å². The molecule has 8 nitrogen and oxygen atoms in total. The number of nitrogens with zero attached hydrogens (tertiary/aromatic N) is 5. The Morgan fingerprint density at radius 1 is 1.00 bits per heavy atom. The lowest BCUT2D eigenvalue weighted by Gasteiger charge is -2.35. The maximum Gasteiger partial charge on any atom is 0.227 e. The van der Waals surface area contributed by atoms with Gasteiger partial charge in [-0.1, -0.05) is 12.1 Å². The summed E-state index contributed by atoms with van der Waals surface area (Å²) in [6.07, 6.45) is 2.17. The third-order valence-corrected chi connectivity index (χ3v) is 5.77. The van der Waals surface area contributed by atoms with Crippen molar-refractivity contribution in [2.45, 2.75) is 27.2 Å². The first-order chi connectivity index (χ1) is 15.9. The first-order valence-corrected chi connectivity index (χ1v) is 11.1. The molecule has 1 N–H and O–H groups in total. The van der Waals surface area contributed by atoms with Crippen molar-refractivity contribution in [1.29, 1.82) is 0 Å². The van der Waals surface area contributed by atoms with Crippen molar-refractivity contribution in [1.82, 2.24) is 19.9 Å². The number of anilines is 3. The molecule has 0 radical (unpaired) electrons. The summed E-state index contributed by atoms with van der Waals surface area (Å²) in [7, 11) is 1.66. The van der Waals surface area contributed by atoms with Gasteiger partial charge in [-0.2, -0.15) is 0 Å². The number of carbonyl (C=O) groups excluding carboxylic acids is 1. The summed E-state index contributed by atoms with van der Waals surface area (Å²) in [6.45, 7) is 8.69. The highest BCUT2D eigenvalue weighted by molar-refractivity contribution is 5.79. The minimum absolute atomic E-state index is 0.144. The molecule has 0 saturated carbocycles. The summed E-state index contributed by atoms with van der Waals surface area (Å²) in [5, 5.41) is 3.27. The largest absolute Gasteiger partial charge is 0.496 e. The molecule has 1 aromatic carbocycles. The Morgan fingerprint density at radius 2 is 1.79 bits per heavy atom. The molecule has 3 aromatic rings. The van der Waals surface area contributed by atoms with Crippen molar-refractivity contribution < 1.29 is 9.53 Å². The highest BCUT2D eigenvalue weighted by atomic mass is 16.5. The first-order valence-electron chi connectivity index (χ1n) is 11.1. The molecule has 0 aliphatic carbocycles. The Kier molecular flexibility index (Phi) is 6.72. The van der Waals surface area contributed by atoms with Crippen LogP contribution in [0.5, 0.6) is 5.75 Å². The normalized spacial score (nSPS) is 13.7. The van der Waals surface area contributed by atoms with Gasteiger partial charge >= 0.3 is 0 Å². The van der Waals surface area contributed by atoms with E-state index in [9.17, 15) is 4.79 Å². The summed E-state index contributed by atoms with van der Waals surface area (Å²) in [6, 6.07) is 11.8. The fourth-order valence-corrected chi connectivity index (χ4v) is 4.04. The van der Waals surface area contributed by atoms with Crippen LogP contribution in [0.2, 0.25) is 0 Å². The zero-order chi connectivity index (χ0) is 23.4. The number of nitrogens with one attached hydrogen (secondary N) is 1. The Morgan fingerprint density at radius 3 is 2.48 bits per heavy atom. The van der Waals surface area contributed by atoms with Gasteiger partial charge in [-0.05, 0) is 55.7 Å². The van der Waals surface area contributed by atoms with Gasteiger partial charge in [-0.15, -0.1) is 0 Å². The maximum absolute atomic E-state index is 12.8. The van der Waals surface area contributed by atoms with Crippen molar-refractivity contribution in [3.63, 3.8) is 0 Å². The average molecular weight is 447 g/mol. The molecule has 1 saturated heterocycles. The SMILES string of the molecule is COc1ccc(CC(=O)N2CCN(c3cc(Nc4cc(C)ccn4)nc(C)n3)CC2)cc1C. The Bertz CT molecular complexity index is 1140. The molecule has 0 unspecified atom stereocenters. The van der Waals surface area contributed by atoms with Crippen molar-refractivity contribution >= 4 is 23.4 Å². The third kappa shape index (κ3) is 5.58. The molecule has 3 heterocycles. The lowest BCUT2D eigenvalue weighted by Crippen LogP contribution is -2.49. The van der Waals surface area contributed by atoms with Crippen molar-refractivity contribution in [3.8, 4) is 5.75 Å². The van der Waals surface area contributed by atoms with Gasteiger partial charge in [0.25, 0.3) is 0 Å². The Hall–Kier alpha value is -3.68. The minimum Gasteiger partial charge on any atom is -0.496 e. The predicted octanol–water partition coefficient (Wildman–Crippen LogP) is 3.44. The number of aryl methyl sites for hydroxylation is 3. The number of piperazine rings is 1. The number of ether oxygens (including phenoxy) is 1. The Balaban J connectivity index is 1.37. The average Bonchev–Trinajstić information content (AvgIpc) is 2.79. The number of rotatable bonds is 6. The van der Waals surface area contributed by atoms with Gasteiger partial charge in [0.1, 0.15) is 29.0 Å². The smallest absolute Gasteiger partial charge is 0.227 e. The molecule has 0 atom stereocenters. The Labute approximate surface area is 194 Å². The van der Waals surface area contributed by atoms with E-state index < -0.39 is 0 Å². The zero-order valence-corrected chi connectivity index (χ0v) is 19.6. The summed E-state index contributed by atoms with van der Waals surface area (Å²) < 4.78 is 5.31. The summed E-state index contributed by atoms with van der Waals surface area (Å²) >= 11 is 0. The fraction of sp³-hybridized carbons (Fsp3) is 0.360.